The number of carboxylic acids is 1. The van der Waals surface area contributed by atoms with Crippen LogP contribution in [0.25, 0.3) is 0 Å². The molecule has 108 valence electrons. The Morgan fingerprint density at radius 3 is 2.75 bits per heavy atom. The normalized spacial score (nSPS) is 15.7. The number of thioether (sulfide) groups is 1. The van der Waals surface area contributed by atoms with Crippen molar-refractivity contribution in [2.75, 3.05) is 18.1 Å². The van der Waals surface area contributed by atoms with E-state index >= 15 is 0 Å². The van der Waals surface area contributed by atoms with Crippen molar-refractivity contribution in [2.24, 2.45) is 0 Å². The van der Waals surface area contributed by atoms with Gasteiger partial charge in [0.2, 0.25) is 5.91 Å². The topological polar surface area (TPSA) is 66.4 Å². The number of hydrogen-bond acceptors (Lipinski definition) is 3. The molecule has 1 saturated carbocycles. The minimum absolute atomic E-state index is 0.0477. The van der Waals surface area contributed by atoms with E-state index in [1.807, 2.05) is 24.3 Å². The van der Waals surface area contributed by atoms with Crippen molar-refractivity contribution < 1.29 is 14.7 Å². The molecule has 2 rings (SSSR count). The first-order chi connectivity index (χ1) is 9.54. The molecule has 1 aliphatic rings. The number of carboxylic acid groups (broad SMARTS) is 1. The number of nitrogens with one attached hydrogen (secondary N) is 1. The van der Waals surface area contributed by atoms with E-state index in [1.54, 1.807) is 0 Å². The highest BCUT2D eigenvalue weighted by atomic mass is 79.9. The van der Waals surface area contributed by atoms with E-state index < -0.39 is 5.97 Å². The van der Waals surface area contributed by atoms with Crippen molar-refractivity contribution in [3.63, 3.8) is 0 Å². The highest BCUT2D eigenvalue weighted by Crippen LogP contribution is 2.48. The van der Waals surface area contributed by atoms with E-state index in [2.05, 4.69) is 21.2 Å². The maximum absolute atomic E-state index is 12.3. The minimum atomic E-state index is -0.825. The molecule has 1 fully saturated rings. The lowest BCUT2D eigenvalue weighted by molar-refractivity contribution is -0.133. The zero-order valence-corrected chi connectivity index (χ0v) is 13.3. The van der Waals surface area contributed by atoms with E-state index in [0.717, 1.165) is 22.9 Å². The summed E-state index contributed by atoms with van der Waals surface area (Å²) < 4.78 is 0.978. The van der Waals surface area contributed by atoms with Crippen molar-refractivity contribution in [1.82, 2.24) is 5.32 Å². The van der Waals surface area contributed by atoms with Crippen molar-refractivity contribution in [3.05, 3.63) is 34.3 Å². The minimum Gasteiger partial charge on any atom is -0.481 e. The first-order valence-electron chi connectivity index (χ1n) is 6.38. The van der Waals surface area contributed by atoms with E-state index in [4.69, 9.17) is 5.11 Å². The van der Waals surface area contributed by atoms with Gasteiger partial charge < -0.3 is 10.4 Å². The highest BCUT2D eigenvalue weighted by molar-refractivity contribution is 9.10. The van der Waals surface area contributed by atoms with Crippen LogP contribution in [0.2, 0.25) is 0 Å². The molecule has 6 heteroatoms. The van der Waals surface area contributed by atoms with Gasteiger partial charge in [-0.05, 0) is 30.5 Å². The Bertz CT molecular complexity index is 517. The van der Waals surface area contributed by atoms with Crippen molar-refractivity contribution in [2.45, 2.75) is 18.3 Å². The molecule has 0 radical (unpaired) electrons. The molecule has 0 atom stereocenters. The van der Waals surface area contributed by atoms with Crippen LogP contribution in [0.15, 0.2) is 28.7 Å². The molecular weight excluding hydrogens is 342 g/mol. The number of carbonyl (C=O) groups excluding carboxylic acids is 1. The summed E-state index contributed by atoms with van der Waals surface area (Å²) in [5.41, 5.74) is 0.670. The van der Waals surface area contributed by atoms with Gasteiger partial charge >= 0.3 is 5.97 Å². The zero-order chi connectivity index (χ0) is 14.6. The fourth-order valence-corrected chi connectivity index (χ4v) is 3.09. The number of rotatable bonds is 7. The lowest BCUT2D eigenvalue weighted by atomic mass is 9.95. The Labute approximate surface area is 130 Å². The molecule has 4 nitrogen and oxygen atoms in total. The molecule has 0 aliphatic heterocycles. The van der Waals surface area contributed by atoms with Crippen molar-refractivity contribution >= 4 is 39.6 Å². The number of amides is 1. The fourth-order valence-electron chi connectivity index (χ4n) is 2.12. The molecule has 0 heterocycles. The lowest BCUT2D eigenvalue weighted by Crippen LogP contribution is -2.36. The smallest absolute Gasteiger partial charge is 0.313 e. The third-order valence-electron chi connectivity index (χ3n) is 3.32. The second-order valence-electron chi connectivity index (χ2n) is 4.79. The summed E-state index contributed by atoms with van der Waals surface area (Å²) in [6.07, 6.45) is 1.75. The molecule has 0 saturated heterocycles. The summed E-state index contributed by atoms with van der Waals surface area (Å²) in [4.78, 5) is 22.7. The van der Waals surface area contributed by atoms with Gasteiger partial charge in [-0.2, -0.15) is 0 Å². The summed E-state index contributed by atoms with van der Waals surface area (Å²) in [7, 11) is 0. The molecule has 0 aromatic heterocycles. The average molecular weight is 358 g/mol. The molecule has 0 bridgehead atoms. The maximum Gasteiger partial charge on any atom is 0.313 e. The van der Waals surface area contributed by atoms with Crippen LogP contribution in [0, 0.1) is 0 Å². The third-order valence-corrected chi connectivity index (χ3v) is 4.76. The number of aliphatic carboxylic acids is 1. The Balaban J connectivity index is 1.85. The van der Waals surface area contributed by atoms with Crippen LogP contribution in [-0.2, 0) is 15.0 Å². The second kappa shape index (κ2) is 6.63. The molecular formula is C14H16BrNO3S. The Kier molecular flexibility index (Phi) is 5.10. The first-order valence-corrected chi connectivity index (χ1v) is 8.33. The summed E-state index contributed by atoms with van der Waals surface area (Å²) in [6.45, 7) is 0.506. The maximum atomic E-state index is 12.3. The van der Waals surface area contributed by atoms with Crippen LogP contribution in [0.5, 0.6) is 0 Å². The van der Waals surface area contributed by atoms with E-state index in [-0.39, 0.29) is 17.1 Å². The quantitative estimate of drug-likeness (QED) is 0.735. The van der Waals surface area contributed by atoms with Crippen LogP contribution >= 0.6 is 27.7 Å². The summed E-state index contributed by atoms with van der Waals surface area (Å²) in [5.74, 6) is -0.0835. The first kappa shape index (κ1) is 15.4. The van der Waals surface area contributed by atoms with Crippen LogP contribution in [0.3, 0.4) is 0 Å². The SMILES string of the molecule is O=C(O)CSCCNC(=O)C1(c2cccc(Br)c2)CC1. The van der Waals surface area contributed by atoms with Gasteiger partial charge in [-0.1, -0.05) is 28.1 Å². The van der Waals surface area contributed by atoms with Gasteiger partial charge in [0.25, 0.3) is 0 Å². The molecule has 1 aromatic rings. The van der Waals surface area contributed by atoms with Crippen molar-refractivity contribution in [1.29, 1.82) is 0 Å². The second-order valence-corrected chi connectivity index (χ2v) is 6.82. The summed E-state index contributed by atoms with van der Waals surface area (Å²) in [5, 5.41) is 11.4. The molecule has 1 aliphatic carbocycles. The van der Waals surface area contributed by atoms with Crippen LogP contribution < -0.4 is 5.32 Å². The molecule has 1 amide bonds. The van der Waals surface area contributed by atoms with Crippen LogP contribution in [0.4, 0.5) is 0 Å². The van der Waals surface area contributed by atoms with E-state index in [9.17, 15) is 9.59 Å². The largest absolute Gasteiger partial charge is 0.481 e. The predicted molar refractivity (Wildman–Crippen MR) is 83.0 cm³/mol. The van der Waals surface area contributed by atoms with Crippen LogP contribution in [-0.4, -0.2) is 35.0 Å². The lowest BCUT2D eigenvalue weighted by Gasteiger charge is -2.16. The van der Waals surface area contributed by atoms with Gasteiger partial charge in [-0.15, -0.1) is 11.8 Å². The van der Waals surface area contributed by atoms with Gasteiger partial charge in [0.05, 0.1) is 11.2 Å². The molecule has 2 N–H and O–H groups in total. The molecule has 20 heavy (non-hydrogen) atoms. The Morgan fingerprint density at radius 1 is 1.40 bits per heavy atom. The highest BCUT2D eigenvalue weighted by Gasteiger charge is 2.51. The molecule has 1 aromatic carbocycles. The van der Waals surface area contributed by atoms with Gasteiger partial charge in [0.1, 0.15) is 0 Å². The van der Waals surface area contributed by atoms with E-state index in [0.29, 0.717) is 12.3 Å². The standard InChI is InChI=1S/C14H16BrNO3S/c15-11-3-1-2-10(8-11)14(4-5-14)13(19)16-6-7-20-9-12(17)18/h1-3,8H,4-7,9H2,(H,16,19)(H,17,18). The van der Waals surface area contributed by atoms with Gasteiger partial charge in [-0.25, -0.2) is 0 Å². The van der Waals surface area contributed by atoms with Crippen molar-refractivity contribution in [3.8, 4) is 0 Å². The average Bonchev–Trinajstić information content (AvgIpc) is 3.19. The summed E-state index contributed by atoms with van der Waals surface area (Å²) >= 11 is 4.74. The predicted octanol–water partition coefficient (Wildman–Crippen LogP) is 2.41. The molecule has 0 unspecified atom stereocenters. The van der Waals surface area contributed by atoms with Gasteiger partial charge in [-0.3, -0.25) is 9.59 Å². The fraction of sp³-hybridized carbons (Fsp3) is 0.429. The Morgan fingerprint density at radius 2 is 2.15 bits per heavy atom. The third kappa shape index (κ3) is 3.76. The van der Waals surface area contributed by atoms with Crippen LogP contribution in [0.1, 0.15) is 18.4 Å². The monoisotopic (exact) mass is 357 g/mol. The number of benzene rings is 1. The zero-order valence-electron chi connectivity index (χ0n) is 10.9. The number of hydrogen-bond donors (Lipinski definition) is 2. The summed E-state index contributed by atoms with van der Waals surface area (Å²) in [6, 6.07) is 7.86. The number of carbonyl (C=O) groups is 2. The number of halogens is 1. The van der Waals surface area contributed by atoms with Gasteiger partial charge in [0.15, 0.2) is 0 Å². The van der Waals surface area contributed by atoms with Gasteiger partial charge in [0, 0.05) is 16.8 Å². The Hall–Kier alpha value is -1.01. The molecule has 0 spiro atoms. The van der Waals surface area contributed by atoms with E-state index in [1.165, 1.54) is 11.8 Å².